The summed E-state index contributed by atoms with van der Waals surface area (Å²) in [5.74, 6) is -6.57. The van der Waals surface area contributed by atoms with Gasteiger partial charge in [0.1, 0.15) is 24.2 Å². The SMILES string of the molecule is CC(=O)N[C@@H](Cc1ccccc1)C(=O)N[C@@H](CC(C)C)C(=O)N[C@@H](Cc1cnc[nH]1)C(=O)N[C@H](C(=O)NC(C)C(=O)C(F)(F)F)[C@@H](C)O. The summed E-state index contributed by atoms with van der Waals surface area (Å²) in [5, 5.41) is 22.0. The van der Waals surface area contributed by atoms with E-state index >= 15 is 0 Å². The highest BCUT2D eigenvalue weighted by Gasteiger charge is 2.43. The van der Waals surface area contributed by atoms with Gasteiger partial charge in [0.25, 0.3) is 5.78 Å². The zero-order valence-corrected chi connectivity index (χ0v) is 27.2. The van der Waals surface area contributed by atoms with E-state index in [9.17, 15) is 47.0 Å². The molecule has 2 aromatic rings. The molecule has 6 atom stereocenters. The first-order valence-corrected chi connectivity index (χ1v) is 15.2. The number of hydrogen-bond acceptors (Lipinski definition) is 8. The van der Waals surface area contributed by atoms with Crippen LogP contribution < -0.4 is 26.6 Å². The molecule has 14 nitrogen and oxygen atoms in total. The Kier molecular flexibility index (Phi) is 14.7. The molecule has 7 N–H and O–H groups in total. The van der Waals surface area contributed by atoms with Crippen LogP contribution in [0.4, 0.5) is 13.2 Å². The Morgan fingerprint density at radius 2 is 1.35 bits per heavy atom. The molecular formula is C31H42F3N7O7. The molecular weight excluding hydrogens is 639 g/mol. The molecule has 0 spiro atoms. The van der Waals surface area contributed by atoms with Gasteiger partial charge in [-0.1, -0.05) is 44.2 Å². The summed E-state index contributed by atoms with van der Waals surface area (Å²) in [6.45, 7) is 6.74. The molecule has 17 heteroatoms. The summed E-state index contributed by atoms with van der Waals surface area (Å²) in [4.78, 5) is 83.3. The Labute approximate surface area is 275 Å². The van der Waals surface area contributed by atoms with Crippen LogP contribution in [0.3, 0.4) is 0 Å². The second kappa shape index (κ2) is 17.9. The van der Waals surface area contributed by atoms with Crippen LogP contribution in [0.5, 0.6) is 0 Å². The first-order chi connectivity index (χ1) is 22.4. The number of amides is 5. The molecule has 264 valence electrons. The lowest BCUT2D eigenvalue weighted by atomic mass is 10.00. The van der Waals surface area contributed by atoms with Gasteiger partial charge in [0, 0.05) is 31.7 Å². The highest BCUT2D eigenvalue weighted by molar-refractivity contribution is 5.97. The van der Waals surface area contributed by atoms with Crippen LogP contribution in [-0.2, 0) is 41.6 Å². The lowest BCUT2D eigenvalue weighted by Crippen LogP contribution is -2.61. The maximum absolute atomic E-state index is 13.6. The fourth-order valence-corrected chi connectivity index (χ4v) is 4.65. The molecule has 0 aliphatic rings. The lowest BCUT2D eigenvalue weighted by molar-refractivity contribution is -0.173. The summed E-state index contributed by atoms with van der Waals surface area (Å²) in [5.41, 5.74) is 1.12. The van der Waals surface area contributed by atoms with Crippen molar-refractivity contribution in [3.8, 4) is 0 Å². The van der Waals surface area contributed by atoms with Crippen LogP contribution in [0, 0.1) is 5.92 Å². The fourth-order valence-electron chi connectivity index (χ4n) is 4.65. The minimum absolute atomic E-state index is 0.123. The highest BCUT2D eigenvalue weighted by Crippen LogP contribution is 2.18. The third-order valence-electron chi connectivity index (χ3n) is 7.02. The fraction of sp³-hybridized carbons (Fsp3) is 0.516. The van der Waals surface area contributed by atoms with E-state index in [1.807, 2.05) is 5.32 Å². The summed E-state index contributed by atoms with van der Waals surface area (Å²) in [7, 11) is 0. The van der Waals surface area contributed by atoms with E-state index in [1.54, 1.807) is 44.2 Å². The first-order valence-electron chi connectivity index (χ1n) is 15.2. The van der Waals surface area contributed by atoms with Gasteiger partial charge in [-0.2, -0.15) is 13.2 Å². The van der Waals surface area contributed by atoms with Gasteiger partial charge in [-0.25, -0.2) is 4.98 Å². The van der Waals surface area contributed by atoms with Gasteiger partial charge in [-0.15, -0.1) is 0 Å². The quantitative estimate of drug-likeness (QED) is 0.122. The summed E-state index contributed by atoms with van der Waals surface area (Å²) in [6, 6.07) is 1.39. The summed E-state index contributed by atoms with van der Waals surface area (Å²) in [6.07, 6.45) is -4.14. The van der Waals surface area contributed by atoms with Crippen molar-refractivity contribution in [1.29, 1.82) is 0 Å². The van der Waals surface area contributed by atoms with Gasteiger partial charge >= 0.3 is 6.18 Å². The Balaban J connectivity index is 2.29. The lowest BCUT2D eigenvalue weighted by Gasteiger charge is -2.28. The number of imidazole rings is 1. The number of Topliss-reactive ketones (excluding diaryl/α,β-unsaturated/α-hetero) is 1. The van der Waals surface area contributed by atoms with E-state index in [1.165, 1.54) is 19.4 Å². The third kappa shape index (κ3) is 12.8. The van der Waals surface area contributed by atoms with Crippen LogP contribution in [0.2, 0.25) is 0 Å². The number of aromatic nitrogens is 2. The van der Waals surface area contributed by atoms with Crippen molar-refractivity contribution in [1.82, 2.24) is 36.6 Å². The molecule has 0 fully saturated rings. The van der Waals surface area contributed by atoms with Crippen molar-refractivity contribution in [2.24, 2.45) is 5.92 Å². The number of hydrogen-bond donors (Lipinski definition) is 7. The van der Waals surface area contributed by atoms with Crippen LogP contribution in [-0.4, -0.2) is 92.9 Å². The van der Waals surface area contributed by atoms with Gasteiger partial charge in [0.05, 0.1) is 18.5 Å². The average molecular weight is 682 g/mol. The second-order valence-electron chi connectivity index (χ2n) is 11.8. The molecule has 0 saturated carbocycles. The van der Waals surface area contributed by atoms with E-state index in [-0.39, 0.29) is 25.2 Å². The number of alkyl halides is 3. The first kappa shape index (κ1) is 39.4. The molecule has 5 amide bonds. The molecule has 1 unspecified atom stereocenters. The monoisotopic (exact) mass is 681 g/mol. The zero-order valence-electron chi connectivity index (χ0n) is 27.2. The number of carbonyl (C=O) groups is 6. The van der Waals surface area contributed by atoms with Crippen LogP contribution in [0.1, 0.15) is 52.3 Å². The minimum Gasteiger partial charge on any atom is -0.391 e. The Hall–Kier alpha value is -4.80. The summed E-state index contributed by atoms with van der Waals surface area (Å²) >= 11 is 0. The molecule has 0 radical (unpaired) electrons. The molecule has 0 aliphatic heterocycles. The molecule has 1 aromatic heterocycles. The standard InChI is InChI=1S/C31H42F3N7O7/c1-16(2)11-22(39-28(46)23(38-19(5)43)12-20-9-7-6-8-10-20)27(45)40-24(13-21-14-35-15-36-21)29(47)41-25(18(4)42)30(48)37-17(3)26(44)31(32,33)34/h6-10,14-18,22-25,42H,11-13H2,1-5H3,(H,35,36)(H,37,48)(H,38,43)(H,39,46)(H,40,45)(H,41,47)/t17?,18-,22+,23+,24+,25+/m1/s1. The number of aliphatic hydroxyl groups is 1. The molecule has 1 heterocycles. The number of benzene rings is 1. The van der Waals surface area contributed by atoms with Crippen molar-refractivity contribution in [3.63, 3.8) is 0 Å². The van der Waals surface area contributed by atoms with Gasteiger partial charge in [-0.3, -0.25) is 28.8 Å². The Morgan fingerprint density at radius 3 is 1.88 bits per heavy atom. The van der Waals surface area contributed by atoms with Crippen LogP contribution in [0.15, 0.2) is 42.9 Å². The van der Waals surface area contributed by atoms with Crippen LogP contribution in [0.25, 0.3) is 0 Å². The largest absolute Gasteiger partial charge is 0.452 e. The van der Waals surface area contributed by atoms with Gasteiger partial charge < -0.3 is 36.7 Å². The Morgan fingerprint density at radius 1 is 0.792 bits per heavy atom. The zero-order chi connectivity index (χ0) is 36.2. The van der Waals surface area contributed by atoms with Crippen molar-refractivity contribution in [2.75, 3.05) is 0 Å². The van der Waals surface area contributed by atoms with Crippen molar-refractivity contribution >= 4 is 35.3 Å². The number of aromatic amines is 1. The number of H-pyrrole nitrogens is 1. The van der Waals surface area contributed by atoms with Gasteiger partial charge in [-0.05, 0) is 31.7 Å². The summed E-state index contributed by atoms with van der Waals surface area (Å²) < 4.78 is 38.5. The highest BCUT2D eigenvalue weighted by atomic mass is 19.4. The molecule has 2 rings (SSSR count). The molecule has 0 aliphatic carbocycles. The second-order valence-corrected chi connectivity index (χ2v) is 11.8. The van der Waals surface area contributed by atoms with E-state index < -0.39 is 77.8 Å². The molecule has 48 heavy (non-hydrogen) atoms. The van der Waals surface area contributed by atoms with Crippen molar-refractivity contribution < 1.29 is 47.0 Å². The van der Waals surface area contributed by atoms with Gasteiger partial charge in [0.15, 0.2) is 0 Å². The van der Waals surface area contributed by atoms with E-state index in [0.717, 1.165) is 19.4 Å². The molecule has 0 saturated heterocycles. The predicted octanol–water partition coefficient (Wildman–Crippen LogP) is 0.217. The number of nitrogens with zero attached hydrogens (tertiary/aromatic N) is 1. The number of aliphatic hydroxyl groups excluding tert-OH is 1. The number of rotatable bonds is 17. The minimum atomic E-state index is -5.23. The molecule has 1 aromatic carbocycles. The normalized spacial score (nSPS) is 15.2. The number of carbonyl (C=O) groups excluding carboxylic acids is 6. The number of halogens is 3. The van der Waals surface area contributed by atoms with E-state index in [2.05, 4.69) is 31.2 Å². The maximum atomic E-state index is 13.6. The third-order valence-corrected chi connectivity index (χ3v) is 7.02. The van der Waals surface area contributed by atoms with E-state index in [0.29, 0.717) is 5.69 Å². The maximum Gasteiger partial charge on any atom is 0.452 e. The van der Waals surface area contributed by atoms with Gasteiger partial charge in [0.2, 0.25) is 29.5 Å². The smallest absolute Gasteiger partial charge is 0.391 e. The molecule has 0 bridgehead atoms. The average Bonchev–Trinajstić information content (AvgIpc) is 3.50. The topological polar surface area (TPSA) is 211 Å². The van der Waals surface area contributed by atoms with Crippen molar-refractivity contribution in [2.45, 2.75) is 96.4 Å². The number of nitrogens with one attached hydrogen (secondary N) is 6. The van der Waals surface area contributed by atoms with E-state index in [4.69, 9.17) is 0 Å². The number of ketones is 1. The van der Waals surface area contributed by atoms with Crippen LogP contribution >= 0.6 is 0 Å². The Bertz CT molecular complexity index is 1400. The van der Waals surface area contributed by atoms with Crippen molar-refractivity contribution in [3.05, 3.63) is 54.1 Å². The predicted molar refractivity (Wildman–Crippen MR) is 166 cm³/mol.